The Morgan fingerprint density at radius 3 is 2.76 bits per heavy atom. The molecular formula is C23H21ClN4O. The normalized spacial score (nSPS) is 12.3. The van der Waals surface area contributed by atoms with E-state index in [1.165, 1.54) is 0 Å². The number of nitrogens with zero attached hydrogens (tertiary/aromatic N) is 3. The number of hydrogen-bond acceptors (Lipinski definition) is 4. The molecule has 146 valence electrons. The Labute approximate surface area is 175 Å². The van der Waals surface area contributed by atoms with Crippen molar-refractivity contribution < 1.29 is 4.79 Å². The molecule has 3 aromatic rings. The van der Waals surface area contributed by atoms with Gasteiger partial charge in [0.2, 0.25) is 0 Å². The Morgan fingerprint density at radius 1 is 1.14 bits per heavy atom. The third-order valence-electron chi connectivity index (χ3n) is 4.84. The van der Waals surface area contributed by atoms with E-state index in [2.05, 4.69) is 21.4 Å². The van der Waals surface area contributed by atoms with Gasteiger partial charge in [-0.3, -0.25) is 4.79 Å². The van der Waals surface area contributed by atoms with Crippen molar-refractivity contribution in [2.75, 3.05) is 24.3 Å². The number of benzene rings is 2. The molecule has 0 bridgehead atoms. The molecule has 0 saturated carbocycles. The molecule has 6 heteroatoms. The Kier molecular flexibility index (Phi) is 5.07. The van der Waals surface area contributed by atoms with Crippen LogP contribution >= 0.6 is 11.6 Å². The van der Waals surface area contributed by atoms with Crippen molar-refractivity contribution >= 4 is 40.4 Å². The van der Waals surface area contributed by atoms with Gasteiger partial charge in [-0.2, -0.15) is 0 Å². The number of carbonyl (C=O) groups is 1. The molecule has 0 unspecified atom stereocenters. The number of nitrogens with one attached hydrogen (secondary N) is 1. The zero-order valence-corrected chi connectivity index (χ0v) is 17.3. The Hall–Kier alpha value is -3.18. The van der Waals surface area contributed by atoms with Crippen molar-refractivity contribution in [2.24, 2.45) is 4.99 Å². The van der Waals surface area contributed by atoms with Crippen molar-refractivity contribution in [3.8, 4) is 0 Å². The van der Waals surface area contributed by atoms with Gasteiger partial charge >= 0.3 is 0 Å². The van der Waals surface area contributed by atoms with Crippen LogP contribution in [0.3, 0.4) is 0 Å². The molecule has 1 aliphatic heterocycles. The predicted octanol–water partition coefficient (Wildman–Crippen LogP) is 5.04. The zero-order chi connectivity index (χ0) is 20.5. The van der Waals surface area contributed by atoms with Gasteiger partial charge in [0.15, 0.2) is 5.82 Å². The minimum atomic E-state index is -0.170. The lowest BCUT2D eigenvalue weighted by molar-refractivity contribution is 0.102. The lowest BCUT2D eigenvalue weighted by Gasteiger charge is -2.14. The van der Waals surface area contributed by atoms with Crippen LogP contribution in [0.1, 0.15) is 27.0 Å². The first-order valence-electron chi connectivity index (χ1n) is 9.32. The van der Waals surface area contributed by atoms with Crippen LogP contribution in [0.25, 0.3) is 0 Å². The molecule has 5 nitrogen and oxygen atoms in total. The fraction of sp³-hybridized carbons (Fsp3) is 0.174. The third-order valence-corrected chi connectivity index (χ3v) is 5.17. The molecule has 0 fully saturated rings. The molecule has 1 aromatic heterocycles. The second-order valence-corrected chi connectivity index (χ2v) is 7.73. The van der Waals surface area contributed by atoms with E-state index >= 15 is 0 Å². The first-order chi connectivity index (χ1) is 13.9. The number of pyridine rings is 1. The van der Waals surface area contributed by atoms with Crippen LogP contribution in [0.2, 0.25) is 5.02 Å². The summed E-state index contributed by atoms with van der Waals surface area (Å²) in [5, 5.41) is 3.56. The maximum Gasteiger partial charge on any atom is 0.255 e. The van der Waals surface area contributed by atoms with Gasteiger partial charge in [-0.1, -0.05) is 23.7 Å². The third kappa shape index (κ3) is 4.00. The SMILES string of the molecule is Cc1cnc2c(c1)CC(c1cc(NC(=O)c3cccc(N(C)C)c3)ccc1Cl)=N2. The average molecular weight is 405 g/mol. The van der Waals surface area contributed by atoms with Crippen LogP contribution in [0.5, 0.6) is 0 Å². The first kappa shape index (κ1) is 19.2. The molecule has 1 N–H and O–H groups in total. The first-order valence-corrected chi connectivity index (χ1v) is 9.70. The van der Waals surface area contributed by atoms with Crippen LogP contribution < -0.4 is 10.2 Å². The van der Waals surface area contributed by atoms with E-state index in [0.717, 1.165) is 33.9 Å². The van der Waals surface area contributed by atoms with Crippen LogP contribution in [-0.2, 0) is 6.42 Å². The monoisotopic (exact) mass is 404 g/mol. The van der Waals surface area contributed by atoms with E-state index in [1.807, 2.05) is 56.4 Å². The summed E-state index contributed by atoms with van der Waals surface area (Å²) in [5.74, 6) is 0.563. The van der Waals surface area contributed by atoms with Gasteiger partial charge in [-0.05, 0) is 48.9 Å². The van der Waals surface area contributed by atoms with Crippen molar-refractivity contribution in [2.45, 2.75) is 13.3 Å². The number of aryl methyl sites for hydroxylation is 1. The molecule has 0 radical (unpaired) electrons. The fourth-order valence-corrected chi connectivity index (χ4v) is 3.54. The number of hydrogen-bond donors (Lipinski definition) is 1. The summed E-state index contributed by atoms with van der Waals surface area (Å²) in [6, 6.07) is 15.0. The van der Waals surface area contributed by atoms with Gasteiger partial charge in [0, 0.05) is 59.8 Å². The molecule has 1 aliphatic rings. The highest BCUT2D eigenvalue weighted by Crippen LogP contribution is 2.31. The van der Waals surface area contributed by atoms with Crippen molar-refractivity contribution in [3.05, 3.63) is 82.0 Å². The van der Waals surface area contributed by atoms with Crippen LogP contribution in [0.4, 0.5) is 17.2 Å². The highest BCUT2D eigenvalue weighted by Gasteiger charge is 2.20. The number of amides is 1. The van der Waals surface area contributed by atoms with Crippen molar-refractivity contribution in [3.63, 3.8) is 0 Å². The van der Waals surface area contributed by atoms with E-state index < -0.39 is 0 Å². The molecule has 29 heavy (non-hydrogen) atoms. The Morgan fingerprint density at radius 2 is 1.97 bits per heavy atom. The lowest BCUT2D eigenvalue weighted by Crippen LogP contribution is -2.14. The highest BCUT2D eigenvalue weighted by molar-refractivity contribution is 6.34. The van der Waals surface area contributed by atoms with E-state index in [-0.39, 0.29) is 5.91 Å². The minimum absolute atomic E-state index is 0.170. The summed E-state index contributed by atoms with van der Waals surface area (Å²) in [6.45, 7) is 2.01. The molecule has 0 aliphatic carbocycles. The number of aromatic nitrogens is 1. The summed E-state index contributed by atoms with van der Waals surface area (Å²) in [4.78, 5) is 23.7. The molecule has 4 rings (SSSR count). The van der Waals surface area contributed by atoms with Crippen LogP contribution in [-0.4, -0.2) is 30.7 Å². The van der Waals surface area contributed by atoms with Gasteiger partial charge in [-0.25, -0.2) is 9.98 Å². The second-order valence-electron chi connectivity index (χ2n) is 7.32. The van der Waals surface area contributed by atoms with Gasteiger partial charge < -0.3 is 10.2 Å². The van der Waals surface area contributed by atoms with Crippen LogP contribution in [0, 0.1) is 6.92 Å². The average Bonchev–Trinajstić information content (AvgIpc) is 3.12. The Bertz CT molecular complexity index is 1140. The number of anilines is 2. The molecule has 1 amide bonds. The van der Waals surface area contributed by atoms with Gasteiger partial charge in [0.05, 0.1) is 5.71 Å². The van der Waals surface area contributed by atoms with Gasteiger partial charge in [-0.15, -0.1) is 0 Å². The lowest BCUT2D eigenvalue weighted by atomic mass is 10.0. The second kappa shape index (κ2) is 7.68. The zero-order valence-electron chi connectivity index (χ0n) is 16.5. The smallest absolute Gasteiger partial charge is 0.255 e. The summed E-state index contributed by atoms with van der Waals surface area (Å²) >= 11 is 6.44. The predicted molar refractivity (Wildman–Crippen MR) is 119 cm³/mol. The van der Waals surface area contributed by atoms with Crippen LogP contribution in [0.15, 0.2) is 59.7 Å². The molecular weight excluding hydrogens is 384 g/mol. The standard InChI is InChI=1S/C23H21ClN4O/c1-14-9-16-11-21(27-22(16)25-13-14)19-12-17(7-8-20(19)24)26-23(29)15-5-4-6-18(10-15)28(2)3/h4-10,12-13H,11H2,1-3H3,(H,26,29). The van der Waals surface area contributed by atoms with Crippen molar-refractivity contribution in [1.29, 1.82) is 0 Å². The maximum absolute atomic E-state index is 12.7. The van der Waals surface area contributed by atoms with E-state index in [0.29, 0.717) is 22.7 Å². The molecule has 2 aromatic carbocycles. The summed E-state index contributed by atoms with van der Waals surface area (Å²) in [7, 11) is 3.89. The quantitative estimate of drug-likeness (QED) is 0.662. The minimum Gasteiger partial charge on any atom is -0.378 e. The summed E-state index contributed by atoms with van der Waals surface area (Å²) < 4.78 is 0. The van der Waals surface area contributed by atoms with Gasteiger partial charge in [0.25, 0.3) is 5.91 Å². The van der Waals surface area contributed by atoms with E-state index in [4.69, 9.17) is 11.6 Å². The summed E-state index contributed by atoms with van der Waals surface area (Å²) in [5.41, 5.74) is 6.09. The summed E-state index contributed by atoms with van der Waals surface area (Å²) in [6.07, 6.45) is 2.48. The van der Waals surface area contributed by atoms with Crippen molar-refractivity contribution in [1.82, 2.24) is 4.98 Å². The van der Waals surface area contributed by atoms with Gasteiger partial charge in [0.1, 0.15) is 0 Å². The van der Waals surface area contributed by atoms with E-state index in [9.17, 15) is 4.79 Å². The number of rotatable bonds is 4. The van der Waals surface area contributed by atoms with E-state index in [1.54, 1.807) is 18.2 Å². The molecule has 0 atom stereocenters. The highest BCUT2D eigenvalue weighted by atomic mass is 35.5. The number of aliphatic imine (C=N–C) groups is 1. The number of fused-ring (bicyclic) bond motifs is 1. The molecule has 0 spiro atoms. The number of carbonyl (C=O) groups excluding carboxylic acids is 1. The fourth-order valence-electron chi connectivity index (χ4n) is 3.31. The molecule has 2 heterocycles. The maximum atomic E-state index is 12.7. The number of halogens is 1. The largest absolute Gasteiger partial charge is 0.378 e. The molecule has 0 saturated heterocycles. The Balaban J connectivity index is 1.58. The topological polar surface area (TPSA) is 57.6 Å².